The van der Waals surface area contributed by atoms with Gasteiger partial charge >= 0.3 is 0 Å². The van der Waals surface area contributed by atoms with E-state index in [4.69, 9.17) is 4.74 Å². The van der Waals surface area contributed by atoms with Crippen LogP contribution < -0.4 is 26.5 Å². The molecule has 5 aromatic rings. The second-order valence-corrected chi connectivity index (χ2v) is 6.92. The molecule has 32 heavy (non-hydrogen) atoms. The lowest BCUT2D eigenvalue weighted by atomic mass is 10.1. The van der Waals surface area contributed by atoms with Crippen LogP contribution in [0.15, 0.2) is 70.4 Å². The summed E-state index contributed by atoms with van der Waals surface area (Å²) < 4.78 is 5.18. The van der Waals surface area contributed by atoms with Gasteiger partial charge in [0.1, 0.15) is 11.6 Å². The molecule has 0 fully saturated rings. The van der Waals surface area contributed by atoms with Gasteiger partial charge in [0.05, 0.1) is 23.3 Å². The number of methoxy groups -OCH3 is 1. The van der Waals surface area contributed by atoms with Crippen LogP contribution in [0.3, 0.4) is 0 Å². The van der Waals surface area contributed by atoms with Gasteiger partial charge in [0.25, 0.3) is 11.1 Å². The monoisotopic (exact) mass is 427 g/mol. The van der Waals surface area contributed by atoms with E-state index in [0.717, 1.165) is 11.4 Å². The molecule has 0 unspecified atom stereocenters. The van der Waals surface area contributed by atoms with Gasteiger partial charge in [-0.1, -0.05) is 0 Å². The molecule has 0 aliphatic heterocycles. The number of hydrogen-bond acceptors (Lipinski definition) is 8. The highest BCUT2D eigenvalue weighted by Crippen LogP contribution is 2.26. The summed E-state index contributed by atoms with van der Waals surface area (Å²) in [5.74, 6) is 1.59. The summed E-state index contributed by atoms with van der Waals surface area (Å²) in [6.45, 7) is 0. The maximum Gasteiger partial charge on any atom is 0.270 e. The van der Waals surface area contributed by atoms with Gasteiger partial charge in [-0.05, 0) is 54.6 Å². The Morgan fingerprint density at radius 2 is 1.56 bits per heavy atom. The summed E-state index contributed by atoms with van der Waals surface area (Å²) in [5, 5.41) is 12.3. The first-order chi connectivity index (χ1) is 15.6. The Labute approximate surface area is 180 Å². The summed E-state index contributed by atoms with van der Waals surface area (Å²) in [7, 11) is 1.61. The van der Waals surface area contributed by atoms with E-state index >= 15 is 0 Å². The first-order valence-electron chi connectivity index (χ1n) is 9.66. The fourth-order valence-corrected chi connectivity index (χ4v) is 3.31. The van der Waals surface area contributed by atoms with E-state index in [1.54, 1.807) is 37.6 Å². The minimum absolute atomic E-state index is 0.270. The average Bonchev–Trinajstić information content (AvgIpc) is 2.82. The third kappa shape index (κ3) is 3.60. The zero-order valence-electron chi connectivity index (χ0n) is 16.8. The standard InChI is InChI=1S/C22H17N7O3/c1-32-14-7-4-12(5-8-14)25-22-26-18-16(3-2-10-23-18)19(27-22)24-13-6-9-15-17(11-13)21(31)29-28-20(15)30/h2-11H,1H3,(H,28,30)(H,29,31)(H2,23,24,25,26,27). The Hall–Kier alpha value is -4.73. The van der Waals surface area contributed by atoms with Crippen molar-refractivity contribution in [3.8, 4) is 5.75 Å². The predicted molar refractivity (Wildman–Crippen MR) is 122 cm³/mol. The molecule has 0 saturated heterocycles. The molecule has 0 saturated carbocycles. The minimum Gasteiger partial charge on any atom is -0.497 e. The van der Waals surface area contributed by atoms with Gasteiger partial charge in [-0.3, -0.25) is 19.8 Å². The van der Waals surface area contributed by atoms with Crippen LogP contribution in [0.1, 0.15) is 0 Å². The molecule has 158 valence electrons. The molecule has 5 rings (SSSR count). The molecule has 3 heterocycles. The number of H-pyrrole nitrogens is 2. The lowest BCUT2D eigenvalue weighted by Gasteiger charge is -2.12. The van der Waals surface area contributed by atoms with E-state index in [1.165, 1.54) is 0 Å². The molecule has 3 aromatic heterocycles. The van der Waals surface area contributed by atoms with Gasteiger partial charge in [-0.25, -0.2) is 4.98 Å². The zero-order valence-corrected chi connectivity index (χ0v) is 16.8. The highest BCUT2D eigenvalue weighted by atomic mass is 16.5. The van der Waals surface area contributed by atoms with E-state index in [9.17, 15) is 9.59 Å². The van der Waals surface area contributed by atoms with Gasteiger partial charge in [0, 0.05) is 17.6 Å². The van der Waals surface area contributed by atoms with Crippen LogP contribution in [-0.4, -0.2) is 32.3 Å². The van der Waals surface area contributed by atoms with Crippen LogP contribution >= 0.6 is 0 Å². The minimum atomic E-state index is -0.390. The highest BCUT2D eigenvalue weighted by molar-refractivity contribution is 5.91. The molecule has 0 aliphatic rings. The van der Waals surface area contributed by atoms with Gasteiger partial charge in [0.15, 0.2) is 5.65 Å². The number of ether oxygens (including phenoxy) is 1. The van der Waals surface area contributed by atoms with Crippen molar-refractivity contribution in [1.82, 2.24) is 25.1 Å². The SMILES string of the molecule is COc1ccc(Nc2nc(Nc3ccc4c(=O)[nH][nH]c(=O)c4c3)c3cccnc3n2)cc1. The number of rotatable bonds is 5. The quantitative estimate of drug-likeness (QED) is 0.336. The molecule has 0 bridgehead atoms. The van der Waals surface area contributed by atoms with Crippen molar-refractivity contribution >= 4 is 44.9 Å². The first-order valence-corrected chi connectivity index (χ1v) is 9.66. The largest absolute Gasteiger partial charge is 0.497 e. The Balaban J connectivity index is 1.55. The Bertz CT molecular complexity index is 1560. The van der Waals surface area contributed by atoms with Crippen molar-refractivity contribution in [2.45, 2.75) is 0 Å². The van der Waals surface area contributed by atoms with Crippen molar-refractivity contribution in [2.24, 2.45) is 0 Å². The number of anilines is 4. The Kier molecular flexibility index (Phi) is 4.71. The second-order valence-electron chi connectivity index (χ2n) is 6.92. The van der Waals surface area contributed by atoms with Crippen LogP contribution in [0, 0.1) is 0 Å². The molecule has 0 radical (unpaired) electrons. The third-order valence-electron chi connectivity index (χ3n) is 4.88. The average molecular weight is 427 g/mol. The van der Waals surface area contributed by atoms with Gasteiger partial charge in [-0.15, -0.1) is 0 Å². The number of aromatic nitrogens is 5. The smallest absolute Gasteiger partial charge is 0.270 e. The first kappa shape index (κ1) is 19.2. The number of fused-ring (bicyclic) bond motifs is 2. The highest BCUT2D eigenvalue weighted by Gasteiger charge is 2.11. The molecular weight excluding hydrogens is 410 g/mol. The number of aromatic amines is 2. The Morgan fingerprint density at radius 3 is 2.34 bits per heavy atom. The maximum atomic E-state index is 12.1. The van der Waals surface area contributed by atoms with E-state index in [0.29, 0.717) is 33.9 Å². The lowest BCUT2D eigenvalue weighted by Crippen LogP contribution is -2.18. The maximum absolute atomic E-state index is 12.1. The van der Waals surface area contributed by atoms with Gasteiger partial charge in [0.2, 0.25) is 5.95 Å². The van der Waals surface area contributed by atoms with E-state index in [2.05, 4.69) is 35.8 Å². The fraction of sp³-hybridized carbons (Fsp3) is 0.0455. The van der Waals surface area contributed by atoms with Crippen LogP contribution in [0.2, 0.25) is 0 Å². The van der Waals surface area contributed by atoms with Crippen molar-refractivity contribution in [3.63, 3.8) is 0 Å². The second kappa shape index (κ2) is 7.84. The number of nitrogens with one attached hydrogen (secondary N) is 4. The summed E-state index contributed by atoms with van der Waals surface area (Å²) in [5.41, 5.74) is 1.11. The predicted octanol–water partition coefficient (Wildman–Crippen LogP) is 3.05. The molecule has 0 spiro atoms. The van der Waals surface area contributed by atoms with Crippen molar-refractivity contribution in [1.29, 1.82) is 0 Å². The molecular formula is C22H17N7O3. The van der Waals surface area contributed by atoms with E-state index in [-0.39, 0.29) is 16.5 Å². The van der Waals surface area contributed by atoms with Crippen molar-refractivity contribution in [3.05, 3.63) is 81.5 Å². The number of nitrogens with zero attached hydrogens (tertiary/aromatic N) is 3. The van der Waals surface area contributed by atoms with E-state index < -0.39 is 0 Å². The van der Waals surface area contributed by atoms with Crippen LogP contribution in [0.5, 0.6) is 5.75 Å². The molecule has 2 aromatic carbocycles. The van der Waals surface area contributed by atoms with Crippen LogP contribution in [-0.2, 0) is 0 Å². The molecule has 0 atom stereocenters. The van der Waals surface area contributed by atoms with Crippen molar-refractivity contribution in [2.75, 3.05) is 17.7 Å². The van der Waals surface area contributed by atoms with Gasteiger partial charge in [-0.2, -0.15) is 9.97 Å². The van der Waals surface area contributed by atoms with Crippen molar-refractivity contribution < 1.29 is 4.74 Å². The number of hydrogen-bond donors (Lipinski definition) is 4. The van der Waals surface area contributed by atoms with Crippen LogP contribution in [0.4, 0.5) is 23.1 Å². The third-order valence-corrected chi connectivity index (χ3v) is 4.88. The number of pyridine rings is 1. The van der Waals surface area contributed by atoms with Gasteiger partial charge < -0.3 is 15.4 Å². The zero-order chi connectivity index (χ0) is 22.1. The summed E-state index contributed by atoms with van der Waals surface area (Å²) >= 11 is 0. The number of benzene rings is 2. The molecule has 10 nitrogen and oxygen atoms in total. The molecule has 0 amide bonds. The summed E-state index contributed by atoms with van der Waals surface area (Å²) in [6.07, 6.45) is 1.65. The molecule has 0 aliphatic carbocycles. The topological polar surface area (TPSA) is 138 Å². The molecule has 10 heteroatoms. The summed E-state index contributed by atoms with van der Waals surface area (Å²) in [4.78, 5) is 37.5. The fourth-order valence-electron chi connectivity index (χ4n) is 3.31. The van der Waals surface area contributed by atoms with Crippen LogP contribution in [0.25, 0.3) is 21.8 Å². The van der Waals surface area contributed by atoms with E-state index in [1.807, 2.05) is 30.3 Å². The molecule has 4 N–H and O–H groups in total. The summed E-state index contributed by atoms with van der Waals surface area (Å²) in [6, 6.07) is 15.9. The normalized spacial score (nSPS) is 10.9. The lowest BCUT2D eigenvalue weighted by molar-refractivity contribution is 0.415. The Morgan fingerprint density at radius 1 is 0.812 bits per heavy atom.